The van der Waals surface area contributed by atoms with Gasteiger partial charge in [0, 0.05) is 19.6 Å². The average Bonchev–Trinajstić information content (AvgIpc) is 2.76. The highest BCUT2D eigenvalue weighted by Gasteiger charge is 2.13. The van der Waals surface area contributed by atoms with Gasteiger partial charge in [-0.2, -0.15) is 5.10 Å². The van der Waals surface area contributed by atoms with Crippen molar-refractivity contribution in [2.75, 3.05) is 13.1 Å². The minimum absolute atomic E-state index is 0.955. The maximum Gasteiger partial charge on any atom is 0.0597 e. The Morgan fingerprint density at radius 2 is 2.43 bits per heavy atom. The molecule has 2 heterocycles. The summed E-state index contributed by atoms with van der Waals surface area (Å²) in [5.74, 6) is 0. The Morgan fingerprint density at radius 3 is 3.07 bits per heavy atom. The number of nitrogens with one attached hydrogen (secondary N) is 1. The van der Waals surface area contributed by atoms with Gasteiger partial charge in [-0.3, -0.25) is 10.1 Å². The van der Waals surface area contributed by atoms with E-state index >= 15 is 0 Å². The summed E-state index contributed by atoms with van der Waals surface area (Å²) in [5, 5.41) is 6.70. The molecule has 0 unspecified atom stereocenters. The van der Waals surface area contributed by atoms with Gasteiger partial charge < -0.3 is 0 Å². The maximum absolute atomic E-state index is 4.43. The summed E-state index contributed by atoms with van der Waals surface area (Å²) in [6.07, 6.45) is 1.25. The third-order valence-electron chi connectivity index (χ3n) is 2.58. The second kappa shape index (κ2) is 4.11. The minimum Gasteiger partial charge on any atom is -0.268 e. The summed E-state index contributed by atoms with van der Waals surface area (Å²) in [6, 6.07) is 2.17. The summed E-state index contributed by atoms with van der Waals surface area (Å²) in [5.41, 5.74) is 5.77. The van der Waals surface area contributed by atoms with Crippen LogP contribution in [0.2, 0.25) is 0 Å². The van der Waals surface area contributed by atoms with Gasteiger partial charge in [0.25, 0.3) is 0 Å². The Morgan fingerprint density at radius 1 is 1.57 bits per heavy atom. The molecule has 1 aromatic heterocycles. The Hall–Kier alpha value is -0.870. The van der Waals surface area contributed by atoms with E-state index in [9.17, 15) is 0 Å². The third-order valence-corrected chi connectivity index (χ3v) is 2.58. The molecule has 78 valence electrons. The monoisotopic (exact) mass is 194 g/mol. The fourth-order valence-electron chi connectivity index (χ4n) is 1.92. The van der Waals surface area contributed by atoms with E-state index in [1.54, 1.807) is 0 Å². The Kier molecular flexibility index (Phi) is 2.84. The molecule has 1 N–H and O–H groups in total. The van der Waals surface area contributed by atoms with Crippen molar-refractivity contribution < 1.29 is 0 Å². The minimum atomic E-state index is 0.955. The first kappa shape index (κ1) is 9.68. The van der Waals surface area contributed by atoms with E-state index in [4.69, 9.17) is 0 Å². The molecule has 0 aliphatic carbocycles. The molecule has 0 aromatic carbocycles. The smallest absolute Gasteiger partial charge is 0.0597 e. The first-order valence-corrected chi connectivity index (χ1v) is 5.31. The molecule has 0 saturated carbocycles. The fraction of sp³-hybridized carbons (Fsp3) is 0.700. The van der Waals surface area contributed by atoms with Crippen LogP contribution in [0.15, 0.2) is 6.07 Å². The van der Waals surface area contributed by atoms with Crippen LogP contribution in [0.1, 0.15) is 24.7 Å². The number of nitrogens with zero attached hydrogens (tertiary/aromatic N) is 3. The lowest BCUT2D eigenvalue weighted by Gasteiger charge is -2.15. The van der Waals surface area contributed by atoms with Crippen LogP contribution < -0.4 is 5.43 Å². The van der Waals surface area contributed by atoms with E-state index in [2.05, 4.69) is 33.2 Å². The van der Waals surface area contributed by atoms with Crippen molar-refractivity contribution in [2.24, 2.45) is 0 Å². The van der Waals surface area contributed by atoms with Crippen molar-refractivity contribution >= 4 is 0 Å². The largest absolute Gasteiger partial charge is 0.268 e. The highest BCUT2D eigenvalue weighted by molar-refractivity contribution is 5.08. The molecular weight excluding hydrogens is 176 g/mol. The van der Waals surface area contributed by atoms with Crippen LogP contribution >= 0.6 is 0 Å². The van der Waals surface area contributed by atoms with E-state index in [-0.39, 0.29) is 0 Å². The van der Waals surface area contributed by atoms with Crippen LogP contribution in [-0.4, -0.2) is 27.9 Å². The number of aromatic nitrogens is 2. The van der Waals surface area contributed by atoms with Crippen LogP contribution in [0.25, 0.3) is 0 Å². The van der Waals surface area contributed by atoms with Crippen molar-refractivity contribution in [1.29, 1.82) is 0 Å². The van der Waals surface area contributed by atoms with Crippen molar-refractivity contribution in [1.82, 2.24) is 20.2 Å². The molecule has 1 fully saturated rings. The zero-order valence-electron chi connectivity index (χ0n) is 8.95. The SMILES string of the molecule is CCn1nc(C)cc1CN1CCCN1. The normalized spacial score (nSPS) is 17.9. The van der Waals surface area contributed by atoms with Gasteiger partial charge in [-0.25, -0.2) is 5.01 Å². The summed E-state index contributed by atoms with van der Waals surface area (Å²) in [4.78, 5) is 0. The second-order valence-corrected chi connectivity index (χ2v) is 3.78. The van der Waals surface area contributed by atoms with Crippen molar-refractivity contribution in [3.8, 4) is 0 Å². The third kappa shape index (κ3) is 1.96. The number of hydrazine groups is 1. The first-order chi connectivity index (χ1) is 6.79. The lowest BCUT2D eigenvalue weighted by atomic mass is 10.3. The summed E-state index contributed by atoms with van der Waals surface area (Å²) in [6.45, 7) is 8.36. The van der Waals surface area contributed by atoms with Gasteiger partial charge in [0.15, 0.2) is 0 Å². The highest BCUT2D eigenvalue weighted by Crippen LogP contribution is 2.08. The quantitative estimate of drug-likeness (QED) is 0.777. The van der Waals surface area contributed by atoms with Crippen molar-refractivity contribution in [3.63, 3.8) is 0 Å². The zero-order valence-corrected chi connectivity index (χ0v) is 8.95. The second-order valence-electron chi connectivity index (χ2n) is 3.78. The van der Waals surface area contributed by atoms with Gasteiger partial charge in [0.2, 0.25) is 0 Å². The predicted molar refractivity (Wildman–Crippen MR) is 55.7 cm³/mol. The van der Waals surface area contributed by atoms with Gasteiger partial charge in [-0.15, -0.1) is 0 Å². The number of hydrogen-bond acceptors (Lipinski definition) is 3. The molecule has 0 radical (unpaired) electrons. The molecule has 0 atom stereocenters. The molecule has 0 amide bonds. The van der Waals surface area contributed by atoms with E-state index < -0.39 is 0 Å². The molecule has 1 aromatic rings. The standard InChI is InChI=1S/C10H18N4/c1-3-14-10(7-9(2)12-14)8-13-6-4-5-11-13/h7,11H,3-6,8H2,1-2H3. The van der Waals surface area contributed by atoms with Gasteiger partial charge in [-0.05, 0) is 26.3 Å². The Balaban J connectivity index is 2.06. The Labute approximate surface area is 84.9 Å². The van der Waals surface area contributed by atoms with E-state index in [0.29, 0.717) is 0 Å². The van der Waals surface area contributed by atoms with Gasteiger partial charge >= 0.3 is 0 Å². The van der Waals surface area contributed by atoms with Crippen molar-refractivity contribution in [2.45, 2.75) is 33.4 Å². The van der Waals surface area contributed by atoms with Crippen LogP contribution in [0, 0.1) is 6.92 Å². The molecule has 1 aliphatic rings. The summed E-state index contributed by atoms with van der Waals surface area (Å²) >= 11 is 0. The summed E-state index contributed by atoms with van der Waals surface area (Å²) < 4.78 is 2.08. The molecule has 0 spiro atoms. The zero-order chi connectivity index (χ0) is 9.97. The topological polar surface area (TPSA) is 33.1 Å². The number of rotatable bonds is 3. The predicted octanol–water partition coefficient (Wildman–Crippen LogP) is 0.922. The van der Waals surface area contributed by atoms with Crippen LogP contribution in [-0.2, 0) is 13.1 Å². The van der Waals surface area contributed by atoms with Crippen LogP contribution in [0.4, 0.5) is 0 Å². The molecule has 1 saturated heterocycles. The van der Waals surface area contributed by atoms with E-state index in [0.717, 1.165) is 31.9 Å². The van der Waals surface area contributed by atoms with Crippen molar-refractivity contribution in [3.05, 3.63) is 17.5 Å². The number of hydrogen-bond donors (Lipinski definition) is 1. The maximum atomic E-state index is 4.43. The molecule has 2 rings (SSSR count). The Bertz CT molecular complexity index is 299. The van der Waals surface area contributed by atoms with E-state index in [1.807, 2.05) is 6.92 Å². The average molecular weight is 194 g/mol. The van der Waals surface area contributed by atoms with Gasteiger partial charge in [0.1, 0.15) is 0 Å². The first-order valence-electron chi connectivity index (χ1n) is 5.31. The van der Waals surface area contributed by atoms with Gasteiger partial charge in [-0.1, -0.05) is 0 Å². The lowest BCUT2D eigenvalue weighted by Crippen LogP contribution is -2.31. The molecule has 14 heavy (non-hydrogen) atoms. The summed E-state index contributed by atoms with van der Waals surface area (Å²) in [7, 11) is 0. The van der Waals surface area contributed by atoms with E-state index in [1.165, 1.54) is 12.1 Å². The molecular formula is C10H18N4. The molecule has 4 nitrogen and oxygen atoms in total. The van der Waals surface area contributed by atoms with Crippen LogP contribution in [0.5, 0.6) is 0 Å². The van der Waals surface area contributed by atoms with Gasteiger partial charge in [0.05, 0.1) is 17.9 Å². The fourth-order valence-corrected chi connectivity index (χ4v) is 1.92. The lowest BCUT2D eigenvalue weighted by molar-refractivity contribution is 0.237. The molecule has 4 heteroatoms. The molecule has 0 bridgehead atoms. The number of aryl methyl sites for hydroxylation is 2. The highest BCUT2D eigenvalue weighted by atomic mass is 15.5. The molecule has 1 aliphatic heterocycles. The van der Waals surface area contributed by atoms with Crippen LogP contribution in [0.3, 0.4) is 0 Å².